The molecule has 0 fully saturated rings. The molecule has 0 aliphatic carbocycles. The van der Waals surface area contributed by atoms with E-state index in [1.807, 2.05) is 19.1 Å². The number of nitro groups is 1. The maximum atomic E-state index is 10.9. The number of aryl methyl sites for hydroxylation is 1. The highest BCUT2D eigenvalue weighted by Gasteiger charge is 2.13. The lowest BCUT2D eigenvalue weighted by Crippen LogP contribution is -2.13. The van der Waals surface area contributed by atoms with Crippen LogP contribution in [0.3, 0.4) is 0 Å². The summed E-state index contributed by atoms with van der Waals surface area (Å²) in [6.45, 7) is 2.84. The van der Waals surface area contributed by atoms with Crippen LogP contribution in [0.4, 0.5) is 5.69 Å². The van der Waals surface area contributed by atoms with Crippen LogP contribution < -0.4 is 5.32 Å². The molecule has 0 aliphatic rings. The second kappa shape index (κ2) is 5.99. The number of halogens is 1. The Labute approximate surface area is 118 Å². The van der Waals surface area contributed by atoms with Crippen LogP contribution in [-0.4, -0.2) is 4.92 Å². The average Bonchev–Trinajstić information content (AvgIpc) is 2.77. The summed E-state index contributed by atoms with van der Waals surface area (Å²) in [6, 6.07) is 8.81. The third-order valence-corrected chi connectivity index (χ3v) is 3.15. The van der Waals surface area contributed by atoms with E-state index in [1.165, 1.54) is 6.07 Å². The molecule has 1 aromatic carbocycles. The number of nitrogens with zero attached hydrogens (tertiary/aromatic N) is 1. The van der Waals surface area contributed by atoms with E-state index in [9.17, 15) is 10.1 Å². The van der Waals surface area contributed by atoms with E-state index >= 15 is 0 Å². The number of nitro benzene ring substituents is 1. The second-order valence-corrected chi connectivity index (χ2v) is 5.06. The summed E-state index contributed by atoms with van der Waals surface area (Å²) < 4.78 is 6.11. The Balaban J connectivity index is 2.01. The predicted molar refractivity (Wildman–Crippen MR) is 74.8 cm³/mol. The van der Waals surface area contributed by atoms with Gasteiger partial charge in [-0.05, 0) is 31.2 Å². The van der Waals surface area contributed by atoms with Gasteiger partial charge < -0.3 is 9.73 Å². The minimum atomic E-state index is -0.376. The van der Waals surface area contributed by atoms with Crippen LogP contribution in [0.1, 0.15) is 17.1 Å². The van der Waals surface area contributed by atoms with E-state index in [0.717, 1.165) is 11.5 Å². The summed E-state index contributed by atoms with van der Waals surface area (Å²) in [5.74, 6) is 1.67. The van der Waals surface area contributed by atoms with Crippen LogP contribution >= 0.6 is 15.9 Å². The standard InChI is InChI=1S/C13H13BrN2O3/c1-9-2-5-12(19-9)8-15-7-10-3-4-11(14)6-13(10)16(17)18/h2-6,15H,7-8H2,1H3. The van der Waals surface area contributed by atoms with E-state index in [0.29, 0.717) is 23.1 Å². The predicted octanol–water partition coefficient (Wildman–Crippen LogP) is 3.55. The van der Waals surface area contributed by atoms with Gasteiger partial charge in [-0.15, -0.1) is 0 Å². The van der Waals surface area contributed by atoms with Crippen molar-refractivity contribution in [3.8, 4) is 0 Å². The van der Waals surface area contributed by atoms with Gasteiger partial charge in [0.2, 0.25) is 0 Å². The van der Waals surface area contributed by atoms with Crippen molar-refractivity contribution < 1.29 is 9.34 Å². The van der Waals surface area contributed by atoms with Crippen LogP contribution in [0.5, 0.6) is 0 Å². The normalized spacial score (nSPS) is 10.6. The van der Waals surface area contributed by atoms with Gasteiger partial charge in [-0.2, -0.15) is 0 Å². The summed E-state index contributed by atoms with van der Waals surface area (Å²) >= 11 is 3.23. The molecular weight excluding hydrogens is 312 g/mol. The number of hydrogen-bond acceptors (Lipinski definition) is 4. The Bertz CT molecular complexity index is 595. The maximum Gasteiger partial charge on any atom is 0.275 e. The molecule has 5 nitrogen and oxygen atoms in total. The monoisotopic (exact) mass is 324 g/mol. The first-order valence-corrected chi connectivity index (χ1v) is 6.54. The van der Waals surface area contributed by atoms with E-state index < -0.39 is 0 Å². The van der Waals surface area contributed by atoms with Gasteiger partial charge >= 0.3 is 0 Å². The molecule has 2 rings (SSSR count). The van der Waals surface area contributed by atoms with Crippen molar-refractivity contribution >= 4 is 21.6 Å². The van der Waals surface area contributed by atoms with Gasteiger partial charge in [-0.1, -0.05) is 15.9 Å². The highest BCUT2D eigenvalue weighted by molar-refractivity contribution is 9.10. The summed E-state index contributed by atoms with van der Waals surface area (Å²) in [7, 11) is 0. The van der Waals surface area contributed by atoms with Crippen molar-refractivity contribution in [3.63, 3.8) is 0 Å². The summed E-state index contributed by atoms with van der Waals surface area (Å²) in [4.78, 5) is 10.6. The van der Waals surface area contributed by atoms with Crippen LogP contribution in [0.25, 0.3) is 0 Å². The topological polar surface area (TPSA) is 68.3 Å². The molecule has 6 heteroatoms. The van der Waals surface area contributed by atoms with Gasteiger partial charge in [0.25, 0.3) is 5.69 Å². The quantitative estimate of drug-likeness (QED) is 0.674. The fourth-order valence-corrected chi connectivity index (χ4v) is 2.11. The molecule has 0 unspecified atom stereocenters. The molecule has 0 aliphatic heterocycles. The number of nitrogens with one attached hydrogen (secondary N) is 1. The van der Waals surface area contributed by atoms with Crippen LogP contribution in [0.15, 0.2) is 39.2 Å². The van der Waals surface area contributed by atoms with E-state index in [-0.39, 0.29) is 10.6 Å². The van der Waals surface area contributed by atoms with Crippen molar-refractivity contribution in [2.45, 2.75) is 20.0 Å². The third kappa shape index (κ3) is 3.65. The molecule has 0 saturated heterocycles. The molecule has 0 radical (unpaired) electrons. The van der Waals surface area contributed by atoms with Gasteiger partial charge in [0.05, 0.1) is 11.5 Å². The molecule has 1 heterocycles. The highest BCUT2D eigenvalue weighted by Crippen LogP contribution is 2.23. The second-order valence-electron chi connectivity index (χ2n) is 4.15. The van der Waals surface area contributed by atoms with Gasteiger partial charge in [-0.25, -0.2) is 0 Å². The Morgan fingerprint density at radius 3 is 2.74 bits per heavy atom. The summed E-state index contributed by atoms with van der Waals surface area (Å²) in [5, 5.41) is 14.1. The molecule has 0 saturated carbocycles. The average molecular weight is 325 g/mol. The van der Waals surface area contributed by atoms with Crippen molar-refractivity contribution in [3.05, 3.63) is 62.0 Å². The van der Waals surface area contributed by atoms with Crippen molar-refractivity contribution in [2.75, 3.05) is 0 Å². The van der Waals surface area contributed by atoms with Gasteiger partial charge in [-0.3, -0.25) is 10.1 Å². The SMILES string of the molecule is Cc1ccc(CNCc2ccc(Br)cc2[N+](=O)[O-])o1. The number of hydrogen-bond donors (Lipinski definition) is 1. The molecule has 2 aromatic rings. The lowest BCUT2D eigenvalue weighted by Gasteiger charge is -2.05. The van der Waals surface area contributed by atoms with Crippen LogP contribution in [-0.2, 0) is 13.1 Å². The summed E-state index contributed by atoms with van der Waals surface area (Å²) in [6.07, 6.45) is 0. The van der Waals surface area contributed by atoms with E-state index in [1.54, 1.807) is 12.1 Å². The van der Waals surface area contributed by atoms with Gasteiger partial charge in [0.15, 0.2) is 0 Å². The zero-order valence-electron chi connectivity index (χ0n) is 10.4. The third-order valence-electron chi connectivity index (χ3n) is 2.65. The number of benzene rings is 1. The molecule has 0 atom stereocenters. The van der Waals surface area contributed by atoms with E-state index in [2.05, 4.69) is 21.2 Å². The fraction of sp³-hybridized carbons (Fsp3) is 0.231. The zero-order valence-corrected chi connectivity index (χ0v) is 11.9. The highest BCUT2D eigenvalue weighted by atomic mass is 79.9. The first kappa shape index (κ1) is 13.8. The van der Waals surface area contributed by atoms with Crippen LogP contribution in [0.2, 0.25) is 0 Å². The molecule has 0 amide bonds. The molecule has 100 valence electrons. The Morgan fingerprint density at radius 2 is 2.11 bits per heavy atom. The molecular formula is C13H13BrN2O3. The van der Waals surface area contributed by atoms with Gasteiger partial charge in [0, 0.05) is 22.6 Å². The molecule has 1 N–H and O–H groups in total. The molecule has 1 aromatic heterocycles. The molecule has 19 heavy (non-hydrogen) atoms. The Morgan fingerprint density at radius 1 is 1.32 bits per heavy atom. The van der Waals surface area contributed by atoms with Crippen molar-refractivity contribution in [1.82, 2.24) is 5.32 Å². The van der Waals surface area contributed by atoms with Crippen molar-refractivity contribution in [2.24, 2.45) is 0 Å². The zero-order chi connectivity index (χ0) is 13.8. The van der Waals surface area contributed by atoms with Gasteiger partial charge in [0.1, 0.15) is 11.5 Å². The largest absolute Gasteiger partial charge is 0.465 e. The smallest absolute Gasteiger partial charge is 0.275 e. The fourth-order valence-electron chi connectivity index (χ4n) is 1.76. The number of furan rings is 1. The first-order valence-electron chi connectivity index (χ1n) is 5.75. The van der Waals surface area contributed by atoms with Crippen LogP contribution in [0, 0.1) is 17.0 Å². The summed E-state index contributed by atoms with van der Waals surface area (Å²) in [5.41, 5.74) is 0.758. The van der Waals surface area contributed by atoms with Crippen molar-refractivity contribution in [1.29, 1.82) is 0 Å². The minimum Gasteiger partial charge on any atom is -0.465 e. The molecule has 0 bridgehead atoms. The first-order chi connectivity index (χ1) is 9.06. The Hall–Kier alpha value is -1.66. The van der Waals surface area contributed by atoms with E-state index in [4.69, 9.17) is 4.42 Å². The lowest BCUT2D eigenvalue weighted by atomic mass is 10.2. The maximum absolute atomic E-state index is 10.9. The molecule has 0 spiro atoms. The number of rotatable bonds is 5. The minimum absolute atomic E-state index is 0.109. The Kier molecular flexibility index (Phi) is 4.34. The lowest BCUT2D eigenvalue weighted by molar-refractivity contribution is -0.385.